The topological polar surface area (TPSA) is 37.8 Å². The highest BCUT2D eigenvalue weighted by atomic mass is 14.9. The highest BCUT2D eigenvalue weighted by molar-refractivity contribution is 5.09. The zero-order valence-corrected chi connectivity index (χ0v) is 11.4. The van der Waals surface area contributed by atoms with Crippen molar-refractivity contribution in [2.24, 2.45) is 0 Å². The monoisotopic (exact) mass is 255 g/mol. The van der Waals surface area contributed by atoms with Crippen LogP contribution in [0.5, 0.6) is 0 Å². The second-order valence-electron chi connectivity index (χ2n) is 4.70. The number of hydrogen-bond donors (Lipinski definition) is 1. The van der Waals surface area contributed by atoms with Crippen molar-refractivity contribution in [1.82, 2.24) is 15.3 Å². The Hall–Kier alpha value is -1.74. The average molecular weight is 255 g/mol. The van der Waals surface area contributed by atoms with E-state index < -0.39 is 0 Å². The molecule has 3 heteroatoms. The fourth-order valence-electron chi connectivity index (χ4n) is 2.11. The van der Waals surface area contributed by atoms with Gasteiger partial charge in [0.2, 0.25) is 0 Å². The van der Waals surface area contributed by atoms with E-state index in [1.807, 2.05) is 36.7 Å². The van der Waals surface area contributed by atoms with E-state index in [2.05, 4.69) is 34.3 Å². The molecule has 0 saturated heterocycles. The van der Waals surface area contributed by atoms with Gasteiger partial charge in [-0.3, -0.25) is 9.97 Å². The Morgan fingerprint density at radius 1 is 0.947 bits per heavy atom. The summed E-state index contributed by atoms with van der Waals surface area (Å²) in [6.45, 7) is 3.22. The minimum atomic E-state index is 0.393. The molecule has 0 amide bonds. The van der Waals surface area contributed by atoms with Crippen LogP contribution in [-0.4, -0.2) is 22.6 Å². The second-order valence-corrected chi connectivity index (χ2v) is 4.70. The molecule has 2 aromatic rings. The molecular formula is C16H21N3. The normalized spacial score (nSPS) is 10.8. The molecule has 1 N–H and O–H groups in total. The van der Waals surface area contributed by atoms with E-state index in [9.17, 15) is 0 Å². The first kappa shape index (κ1) is 13.7. The molecule has 0 atom stereocenters. The molecular weight excluding hydrogens is 234 g/mol. The van der Waals surface area contributed by atoms with E-state index >= 15 is 0 Å². The number of nitrogens with one attached hydrogen (secondary N) is 1. The first-order chi connectivity index (χ1) is 9.38. The Morgan fingerprint density at radius 3 is 1.95 bits per heavy atom. The molecule has 0 aromatic carbocycles. The highest BCUT2D eigenvalue weighted by Gasteiger charge is 2.11. The molecule has 100 valence electrons. The minimum absolute atomic E-state index is 0.393. The summed E-state index contributed by atoms with van der Waals surface area (Å²) in [5.74, 6) is 0. The largest absolute Gasteiger partial charge is 0.313 e. The van der Waals surface area contributed by atoms with Gasteiger partial charge >= 0.3 is 0 Å². The molecule has 0 fully saturated rings. The number of pyridine rings is 2. The van der Waals surface area contributed by atoms with Crippen LogP contribution in [0.15, 0.2) is 48.8 Å². The lowest BCUT2D eigenvalue weighted by atomic mass is 10.0. The van der Waals surface area contributed by atoms with Crippen LogP contribution >= 0.6 is 0 Å². The maximum absolute atomic E-state index is 4.41. The maximum atomic E-state index is 4.41. The van der Waals surface area contributed by atoms with Gasteiger partial charge < -0.3 is 5.32 Å². The molecule has 0 aliphatic heterocycles. The van der Waals surface area contributed by atoms with E-state index in [0.717, 1.165) is 37.2 Å². The summed E-state index contributed by atoms with van der Waals surface area (Å²) < 4.78 is 0. The van der Waals surface area contributed by atoms with Crippen LogP contribution in [0.25, 0.3) is 0 Å². The molecule has 19 heavy (non-hydrogen) atoms. The lowest BCUT2D eigenvalue weighted by molar-refractivity contribution is 0.496. The van der Waals surface area contributed by atoms with Crippen LogP contribution in [-0.2, 0) is 12.8 Å². The Morgan fingerprint density at radius 2 is 1.53 bits per heavy atom. The predicted octanol–water partition coefficient (Wildman–Crippen LogP) is 2.63. The van der Waals surface area contributed by atoms with E-state index in [-0.39, 0.29) is 0 Å². The highest BCUT2D eigenvalue weighted by Crippen LogP contribution is 2.06. The minimum Gasteiger partial charge on any atom is -0.313 e. The van der Waals surface area contributed by atoms with Crippen molar-refractivity contribution in [2.45, 2.75) is 32.2 Å². The Labute approximate surface area is 115 Å². The fourth-order valence-corrected chi connectivity index (χ4v) is 2.11. The number of rotatable bonds is 7. The molecule has 0 saturated carbocycles. The zero-order valence-electron chi connectivity index (χ0n) is 11.4. The van der Waals surface area contributed by atoms with Gasteiger partial charge in [-0.1, -0.05) is 19.1 Å². The molecule has 0 aliphatic carbocycles. The summed E-state index contributed by atoms with van der Waals surface area (Å²) in [6.07, 6.45) is 6.73. The van der Waals surface area contributed by atoms with E-state index in [4.69, 9.17) is 0 Å². The van der Waals surface area contributed by atoms with Crippen molar-refractivity contribution in [2.75, 3.05) is 6.54 Å². The van der Waals surface area contributed by atoms with Crippen molar-refractivity contribution in [3.63, 3.8) is 0 Å². The van der Waals surface area contributed by atoms with Gasteiger partial charge in [-0.15, -0.1) is 0 Å². The molecule has 0 aliphatic rings. The molecule has 0 unspecified atom stereocenters. The molecule has 3 nitrogen and oxygen atoms in total. The Kier molecular flexibility index (Phi) is 5.50. The van der Waals surface area contributed by atoms with E-state index in [0.29, 0.717) is 6.04 Å². The number of hydrogen-bond acceptors (Lipinski definition) is 3. The van der Waals surface area contributed by atoms with Crippen molar-refractivity contribution < 1.29 is 0 Å². The van der Waals surface area contributed by atoms with E-state index in [1.54, 1.807) is 0 Å². The zero-order chi connectivity index (χ0) is 13.3. The third kappa shape index (κ3) is 4.79. The SMILES string of the molecule is CCCNC(Cc1ccccn1)Cc1ccccn1. The summed E-state index contributed by atoms with van der Waals surface area (Å²) in [7, 11) is 0. The predicted molar refractivity (Wildman–Crippen MR) is 78.0 cm³/mol. The van der Waals surface area contributed by atoms with Crippen LogP contribution < -0.4 is 5.32 Å². The number of aromatic nitrogens is 2. The van der Waals surface area contributed by atoms with Crippen molar-refractivity contribution >= 4 is 0 Å². The van der Waals surface area contributed by atoms with Gasteiger partial charge in [0, 0.05) is 42.7 Å². The first-order valence-electron chi connectivity index (χ1n) is 6.91. The van der Waals surface area contributed by atoms with Crippen molar-refractivity contribution in [3.8, 4) is 0 Å². The molecule has 0 bridgehead atoms. The molecule has 2 heterocycles. The van der Waals surface area contributed by atoms with Crippen LogP contribution in [0.4, 0.5) is 0 Å². The first-order valence-corrected chi connectivity index (χ1v) is 6.91. The van der Waals surface area contributed by atoms with E-state index in [1.165, 1.54) is 0 Å². The van der Waals surface area contributed by atoms with Crippen LogP contribution in [0.3, 0.4) is 0 Å². The summed E-state index contributed by atoms with van der Waals surface area (Å²) >= 11 is 0. The standard InChI is InChI=1S/C16H21N3/c1-2-9-17-16(12-14-7-3-5-10-18-14)13-15-8-4-6-11-19-15/h3-8,10-11,16-17H,2,9,12-13H2,1H3. The lowest BCUT2D eigenvalue weighted by Gasteiger charge is -2.17. The third-order valence-electron chi connectivity index (χ3n) is 3.05. The van der Waals surface area contributed by atoms with Gasteiger partial charge in [-0.2, -0.15) is 0 Å². The van der Waals surface area contributed by atoms with Gasteiger partial charge in [-0.25, -0.2) is 0 Å². The smallest absolute Gasteiger partial charge is 0.0419 e. The van der Waals surface area contributed by atoms with Gasteiger partial charge in [0.25, 0.3) is 0 Å². The average Bonchev–Trinajstić information content (AvgIpc) is 2.47. The van der Waals surface area contributed by atoms with Gasteiger partial charge in [0.05, 0.1) is 0 Å². The van der Waals surface area contributed by atoms with Crippen LogP contribution in [0.2, 0.25) is 0 Å². The molecule has 2 rings (SSSR count). The summed E-state index contributed by atoms with van der Waals surface area (Å²) in [5.41, 5.74) is 2.26. The Bertz CT molecular complexity index is 414. The second kappa shape index (κ2) is 7.64. The summed E-state index contributed by atoms with van der Waals surface area (Å²) in [6, 6.07) is 12.6. The van der Waals surface area contributed by atoms with Crippen LogP contribution in [0.1, 0.15) is 24.7 Å². The van der Waals surface area contributed by atoms with Crippen LogP contribution in [0, 0.1) is 0 Å². The van der Waals surface area contributed by atoms with Gasteiger partial charge in [0.15, 0.2) is 0 Å². The molecule has 0 radical (unpaired) electrons. The van der Waals surface area contributed by atoms with Crippen molar-refractivity contribution in [1.29, 1.82) is 0 Å². The molecule has 0 spiro atoms. The Balaban J connectivity index is 1.99. The van der Waals surface area contributed by atoms with Gasteiger partial charge in [0.1, 0.15) is 0 Å². The lowest BCUT2D eigenvalue weighted by Crippen LogP contribution is -2.34. The summed E-state index contributed by atoms with van der Waals surface area (Å²) in [4.78, 5) is 8.82. The fraction of sp³-hybridized carbons (Fsp3) is 0.375. The summed E-state index contributed by atoms with van der Waals surface area (Å²) in [5, 5.41) is 3.59. The van der Waals surface area contributed by atoms with Crippen molar-refractivity contribution in [3.05, 3.63) is 60.2 Å². The number of nitrogens with zero attached hydrogens (tertiary/aromatic N) is 2. The maximum Gasteiger partial charge on any atom is 0.0419 e. The van der Waals surface area contributed by atoms with Gasteiger partial charge in [-0.05, 0) is 37.2 Å². The quantitative estimate of drug-likeness (QED) is 0.826. The molecule has 2 aromatic heterocycles. The third-order valence-corrected chi connectivity index (χ3v) is 3.05.